The van der Waals surface area contributed by atoms with Crippen molar-refractivity contribution in [2.24, 2.45) is 0 Å². The Morgan fingerprint density at radius 1 is 1.16 bits per heavy atom. The SMILES string of the molecule is O=C(O)C1(S(=O)(=O)c2ccc(C(F)(F)F)cc2)CC1. The minimum atomic E-state index is -4.56. The smallest absolute Gasteiger partial charge is 0.416 e. The molecule has 0 saturated heterocycles. The molecule has 4 nitrogen and oxygen atoms in total. The molecule has 1 fully saturated rings. The van der Waals surface area contributed by atoms with E-state index >= 15 is 0 Å². The van der Waals surface area contributed by atoms with E-state index in [9.17, 15) is 26.4 Å². The van der Waals surface area contributed by atoms with E-state index in [1.807, 2.05) is 0 Å². The highest BCUT2D eigenvalue weighted by molar-refractivity contribution is 7.94. The molecule has 2 rings (SSSR count). The highest BCUT2D eigenvalue weighted by atomic mass is 32.2. The van der Waals surface area contributed by atoms with E-state index in [0.717, 1.165) is 12.1 Å². The summed E-state index contributed by atoms with van der Waals surface area (Å²) in [6.07, 6.45) is -4.61. The van der Waals surface area contributed by atoms with E-state index in [4.69, 9.17) is 5.11 Å². The summed E-state index contributed by atoms with van der Waals surface area (Å²) in [6, 6.07) is 2.85. The summed E-state index contributed by atoms with van der Waals surface area (Å²) < 4.78 is 59.3. The Labute approximate surface area is 106 Å². The molecular formula is C11H9F3O4S. The lowest BCUT2D eigenvalue weighted by molar-refractivity contribution is -0.138. The summed E-state index contributed by atoms with van der Waals surface area (Å²) in [4.78, 5) is 10.6. The van der Waals surface area contributed by atoms with Crippen LogP contribution in [0.4, 0.5) is 13.2 Å². The molecule has 1 aromatic carbocycles. The Morgan fingerprint density at radius 2 is 1.63 bits per heavy atom. The van der Waals surface area contributed by atoms with Crippen LogP contribution >= 0.6 is 0 Å². The van der Waals surface area contributed by atoms with E-state index in [1.54, 1.807) is 0 Å². The zero-order valence-corrected chi connectivity index (χ0v) is 10.3. The van der Waals surface area contributed by atoms with Gasteiger partial charge >= 0.3 is 12.1 Å². The molecule has 8 heteroatoms. The first-order chi connectivity index (χ1) is 8.61. The molecule has 0 radical (unpaired) electrons. The number of carboxylic acid groups (broad SMARTS) is 1. The van der Waals surface area contributed by atoms with Gasteiger partial charge in [0, 0.05) is 0 Å². The first-order valence-corrected chi connectivity index (χ1v) is 6.75. The summed E-state index contributed by atoms with van der Waals surface area (Å²) in [5, 5.41) is 8.93. The van der Waals surface area contributed by atoms with Crippen molar-refractivity contribution in [3.8, 4) is 0 Å². The van der Waals surface area contributed by atoms with E-state index in [-0.39, 0.29) is 12.8 Å². The Bertz CT molecular complexity index is 612. The van der Waals surface area contributed by atoms with Gasteiger partial charge in [0.25, 0.3) is 0 Å². The number of carbonyl (C=O) groups is 1. The molecular weight excluding hydrogens is 285 g/mol. The van der Waals surface area contributed by atoms with Crippen LogP contribution in [-0.4, -0.2) is 24.2 Å². The second-order valence-corrected chi connectivity index (χ2v) is 6.58. The fraction of sp³-hybridized carbons (Fsp3) is 0.364. The van der Waals surface area contributed by atoms with Crippen molar-refractivity contribution in [1.82, 2.24) is 0 Å². The molecule has 1 N–H and O–H groups in total. The quantitative estimate of drug-likeness (QED) is 0.926. The van der Waals surface area contributed by atoms with Gasteiger partial charge in [0.2, 0.25) is 0 Å². The largest absolute Gasteiger partial charge is 0.480 e. The highest BCUT2D eigenvalue weighted by Gasteiger charge is 2.61. The van der Waals surface area contributed by atoms with Gasteiger partial charge in [0.1, 0.15) is 0 Å². The van der Waals surface area contributed by atoms with E-state index < -0.39 is 37.2 Å². The molecule has 1 aliphatic rings. The third-order valence-electron chi connectivity index (χ3n) is 3.10. The molecule has 0 aliphatic heterocycles. The van der Waals surface area contributed by atoms with Gasteiger partial charge in [-0.15, -0.1) is 0 Å². The van der Waals surface area contributed by atoms with Crippen LogP contribution in [0.5, 0.6) is 0 Å². The lowest BCUT2D eigenvalue weighted by atomic mass is 10.2. The van der Waals surface area contributed by atoms with E-state index in [2.05, 4.69) is 0 Å². The number of benzene rings is 1. The van der Waals surface area contributed by atoms with Gasteiger partial charge in [0.15, 0.2) is 14.6 Å². The number of rotatable bonds is 3. The van der Waals surface area contributed by atoms with Crippen LogP contribution in [-0.2, 0) is 20.8 Å². The first-order valence-electron chi connectivity index (χ1n) is 5.26. The predicted octanol–water partition coefficient (Wildman–Crippen LogP) is 2.10. The van der Waals surface area contributed by atoms with Crippen molar-refractivity contribution in [3.05, 3.63) is 29.8 Å². The maximum Gasteiger partial charge on any atom is 0.416 e. The molecule has 1 aliphatic carbocycles. The number of sulfone groups is 1. The second kappa shape index (κ2) is 3.96. The molecule has 1 aromatic rings. The molecule has 0 amide bonds. The predicted molar refractivity (Wildman–Crippen MR) is 58.2 cm³/mol. The molecule has 19 heavy (non-hydrogen) atoms. The molecule has 104 valence electrons. The third kappa shape index (κ3) is 2.09. The van der Waals surface area contributed by atoms with Crippen LogP contribution in [0.1, 0.15) is 18.4 Å². The van der Waals surface area contributed by atoms with E-state index in [0.29, 0.717) is 12.1 Å². The van der Waals surface area contributed by atoms with E-state index in [1.165, 1.54) is 0 Å². The van der Waals surface area contributed by atoms with Gasteiger partial charge < -0.3 is 5.11 Å². The lowest BCUT2D eigenvalue weighted by Crippen LogP contribution is -2.32. The average Bonchev–Trinajstić information content (AvgIpc) is 3.09. The fourth-order valence-electron chi connectivity index (χ4n) is 1.76. The van der Waals surface area contributed by atoms with Crippen molar-refractivity contribution in [1.29, 1.82) is 0 Å². The molecule has 0 heterocycles. The zero-order chi connectivity index (χ0) is 14.5. The minimum Gasteiger partial charge on any atom is -0.480 e. The molecule has 0 atom stereocenters. The zero-order valence-electron chi connectivity index (χ0n) is 9.44. The standard InChI is InChI=1S/C11H9F3O4S/c12-11(13,14)7-1-3-8(4-2-7)19(17,18)10(5-6-10)9(15)16/h1-4H,5-6H2,(H,15,16). The number of aliphatic carboxylic acids is 1. The van der Waals surface area contributed by atoms with Crippen molar-refractivity contribution < 1.29 is 31.5 Å². The Hall–Kier alpha value is -1.57. The van der Waals surface area contributed by atoms with Crippen molar-refractivity contribution in [3.63, 3.8) is 0 Å². The van der Waals surface area contributed by atoms with Crippen LogP contribution in [0.15, 0.2) is 29.2 Å². The Balaban J connectivity index is 2.41. The Kier molecular flexibility index (Phi) is 2.89. The molecule has 1 saturated carbocycles. The van der Waals surface area contributed by atoms with Crippen molar-refractivity contribution in [2.75, 3.05) is 0 Å². The number of hydrogen-bond acceptors (Lipinski definition) is 3. The Morgan fingerprint density at radius 3 is 1.95 bits per heavy atom. The number of carboxylic acids is 1. The van der Waals surface area contributed by atoms with Crippen LogP contribution in [0.25, 0.3) is 0 Å². The van der Waals surface area contributed by atoms with Crippen LogP contribution < -0.4 is 0 Å². The minimum absolute atomic E-state index is 0.0221. The third-order valence-corrected chi connectivity index (χ3v) is 5.60. The summed E-state index contributed by atoms with van der Waals surface area (Å²) >= 11 is 0. The fourth-order valence-corrected chi connectivity index (χ4v) is 3.57. The van der Waals surface area contributed by atoms with Gasteiger partial charge in [-0.25, -0.2) is 8.42 Å². The van der Waals surface area contributed by atoms with Gasteiger partial charge in [-0.2, -0.15) is 13.2 Å². The van der Waals surface area contributed by atoms with Gasteiger partial charge in [0.05, 0.1) is 10.5 Å². The summed E-state index contributed by atoms with van der Waals surface area (Å²) in [5.41, 5.74) is -0.980. The number of hydrogen-bond donors (Lipinski definition) is 1. The second-order valence-electron chi connectivity index (χ2n) is 4.33. The average molecular weight is 294 g/mol. The van der Waals surface area contributed by atoms with Crippen LogP contribution in [0, 0.1) is 0 Å². The molecule has 0 bridgehead atoms. The van der Waals surface area contributed by atoms with Gasteiger partial charge in [-0.05, 0) is 37.1 Å². The number of alkyl halides is 3. The number of halogens is 3. The first kappa shape index (κ1) is 13.9. The topological polar surface area (TPSA) is 71.4 Å². The van der Waals surface area contributed by atoms with Crippen molar-refractivity contribution >= 4 is 15.8 Å². The monoisotopic (exact) mass is 294 g/mol. The van der Waals surface area contributed by atoms with Gasteiger partial charge in [-0.3, -0.25) is 4.79 Å². The molecule has 0 spiro atoms. The molecule has 0 unspecified atom stereocenters. The van der Waals surface area contributed by atoms with Gasteiger partial charge in [-0.1, -0.05) is 0 Å². The summed E-state index contributed by atoms with van der Waals surface area (Å²) in [5.74, 6) is -1.47. The highest BCUT2D eigenvalue weighted by Crippen LogP contribution is 2.47. The molecule has 0 aromatic heterocycles. The lowest BCUT2D eigenvalue weighted by Gasteiger charge is -2.12. The maximum absolute atomic E-state index is 12.3. The maximum atomic E-state index is 12.3. The van der Waals surface area contributed by atoms with Crippen molar-refractivity contribution in [2.45, 2.75) is 28.7 Å². The summed E-state index contributed by atoms with van der Waals surface area (Å²) in [7, 11) is -4.16. The normalized spacial score (nSPS) is 18.1. The summed E-state index contributed by atoms with van der Waals surface area (Å²) in [6.45, 7) is 0. The van der Waals surface area contributed by atoms with Crippen LogP contribution in [0.3, 0.4) is 0 Å². The van der Waals surface area contributed by atoms with Crippen LogP contribution in [0.2, 0.25) is 0 Å².